The molecule has 45 heavy (non-hydrogen) atoms. The highest BCUT2D eigenvalue weighted by atomic mass is 19.1. The molecule has 5 heterocycles. The lowest BCUT2D eigenvalue weighted by Crippen LogP contribution is -2.41. The maximum Gasteiger partial charge on any atom is 0.274 e. The zero-order valence-corrected chi connectivity index (χ0v) is 26.2. The number of anilines is 3. The third kappa shape index (κ3) is 5.15. The molecule has 3 aromatic heterocycles. The largest absolute Gasteiger partial charge is 0.392 e. The Hall–Kier alpha value is -4.28. The molecule has 1 fully saturated rings. The van der Waals surface area contributed by atoms with E-state index in [0.29, 0.717) is 53.0 Å². The molecule has 1 amide bonds. The van der Waals surface area contributed by atoms with Crippen LogP contribution >= 0.6 is 0 Å². The van der Waals surface area contributed by atoms with E-state index in [1.54, 1.807) is 24.2 Å². The second-order valence-electron chi connectivity index (χ2n) is 13.5. The number of nitrogens with zero attached hydrogens (tertiary/aromatic N) is 5. The molecule has 1 unspecified atom stereocenters. The SMILES string of the molecule is CN1CCCC1c1ccc(Nc2cc(-c3cc(F)cc(N4CCn5c(cc6c5CC(C)(C)C6)C4=O)c3CO)cn(C)c2=O)nc1. The molecule has 234 valence electrons. The summed E-state index contributed by atoms with van der Waals surface area (Å²) in [7, 11) is 3.74. The van der Waals surface area contributed by atoms with Crippen LogP contribution in [0.5, 0.6) is 0 Å². The fourth-order valence-electron chi connectivity index (χ4n) is 7.52. The van der Waals surface area contributed by atoms with Crippen LogP contribution in [0.2, 0.25) is 0 Å². The summed E-state index contributed by atoms with van der Waals surface area (Å²) in [6, 6.07) is 10.5. The smallest absolute Gasteiger partial charge is 0.274 e. The van der Waals surface area contributed by atoms with Gasteiger partial charge >= 0.3 is 0 Å². The van der Waals surface area contributed by atoms with Crippen molar-refractivity contribution in [2.24, 2.45) is 12.5 Å². The normalized spacial score (nSPS) is 19.2. The molecule has 2 N–H and O–H groups in total. The monoisotopic (exact) mass is 610 g/mol. The number of aliphatic hydroxyl groups excluding tert-OH is 1. The second-order valence-corrected chi connectivity index (χ2v) is 13.5. The van der Waals surface area contributed by atoms with Crippen LogP contribution in [0.1, 0.15) is 65.6 Å². The van der Waals surface area contributed by atoms with Gasteiger partial charge in [0.15, 0.2) is 0 Å². The maximum atomic E-state index is 15.3. The number of fused-ring (bicyclic) bond motifs is 3. The van der Waals surface area contributed by atoms with E-state index < -0.39 is 12.4 Å². The minimum Gasteiger partial charge on any atom is -0.392 e. The van der Waals surface area contributed by atoms with Gasteiger partial charge in [0, 0.05) is 55.4 Å². The first-order valence-corrected chi connectivity index (χ1v) is 15.6. The van der Waals surface area contributed by atoms with E-state index in [9.17, 15) is 14.7 Å². The Bertz CT molecular complexity index is 1880. The molecule has 1 aliphatic carbocycles. The lowest BCUT2D eigenvalue weighted by Gasteiger charge is -2.32. The second kappa shape index (κ2) is 11.0. The number of aromatic nitrogens is 3. The van der Waals surface area contributed by atoms with Gasteiger partial charge in [0.1, 0.15) is 23.0 Å². The van der Waals surface area contributed by atoms with Crippen LogP contribution < -0.4 is 15.8 Å². The van der Waals surface area contributed by atoms with Gasteiger partial charge in [-0.05, 0) is 91.7 Å². The molecule has 4 aromatic rings. The van der Waals surface area contributed by atoms with Crippen molar-refractivity contribution in [2.45, 2.75) is 58.7 Å². The predicted molar refractivity (Wildman–Crippen MR) is 172 cm³/mol. The van der Waals surface area contributed by atoms with Crippen molar-refractivity contribution in [3.8, 4) is 11.1 Å². The van der Waals surface area contributed by atoms with E-state index in [1.165, 1.54) is 28.0 Å². The van der Waals surface area contributed by atoms with Gasteiger partial charge in [0.2, 0.25) is 0 Å². The highest BCUT2D eigenvalue weighted by Gasteiger charge is 2.37. The molecular weight excluding hydrogens is 571 g/mol. The van der Waals surface area contributed by atoms with Crippen LogP contribution in [0.15, 0.2) is 53.6 Å². The number of carbonyl (C=O) groups excluding carboxylic acids is 1. The van der Waals surface area contributed by atoms with Crippen molar-refractivity contribution in [1.29, 1.82) is 0 Å². The van der Waals surface area contributed by atoms with Crippen molar-refractivity contribution in [2.75, 3.05) is 30.4 Å². The first-order valence-electron chi connectivity index (χ1n) is 15.6. The number of carbonyl (C=O) groups is 1. The first kappa shape index (κ1) is 29.4. The fourth-order valence-corrected chi connectivity index (χ4v) is 7.52. The van der Waals surface area contributed by atoms with Crippen molar-refractivity contribution < 1.29 is 14.3 Å². The van der Waals surface area contributed by atoms with Crippen molar-refractivity contribution in [3.63, 3.8) is 0 Å². The molecule has 0 bridgehead atoms. The third-order valence-corrected chi connectivity index (χ3v) is 9.71. The summed E-state index contributed by atoms with van der Waals surface area (Å²) in [6.07, 6.45) is 7.54. The quantitative estimate of drug-likeness (QED) is 0.313. The van der Waals surface area contributed by atoms with Crippen LogP contribution in [0, 0.1) is 11.2 Å². The van der Waals surface area contributed by atoms with Gasteiger partial charge < -0.3 is 24.5 Å². The molecule has 0 radical (unpaired) electrons. The average molecular weight is 611 g/mol. The topological polar surface area (TPSA) is 95.6 Å². The molecule has 0 spiro atoms. The van der Waals surface area contributed by atoms with Gasteiger partial charge in [-0.15, -0.1) is 0 Å². The Morgan fingerprint density at radius 2 is 1.89 bits per heavy atom. The molecule has 1 aromatic carbocycles. The number of pyridine rings is 2. The number of aryl methyl sites for hydroxylation is 1. The number of nitrogens with one attached hydrogen (secondary N) is 1. The molecule has 0 saturated carbocycles. The Labute approximate surface area is 261 Å². The number of hydrogen-bond acceptors (Lipinski definition) is 6. The number of benzene rings is 1. The van der Waals surface area contributed by atoms with Crippen molar-refractivity contribution in [3.05, 3.63) is 93.0 Å². The molecule has 9 nitrogen and oxygen atoms in total. The maximum absolute atomic E-state index is 15.3. The lowest BCUT2D eigenvalue weighted by atomic mass is 9.90. The minimum atomic E-state index is -0.535. The fraction of sp³-hybridized carbons (Fsp3) is 0.400. The van der Waals surface area contributed by atoms with E-state index in [0.717, 1.165) is 37.8 Å². The van der Waals surface area contributed by atoms with Gasteiger partial charge in [-0.1, -0.05) is 19.9 Å². The number of halogens is 1. The number of aliphatic hydroxyl groups is 1. The first-order chi connectivity index (χ1) is 21.5. The standard InChI is InChI=1S/C35H39FN6O3/c1-35(2)16-22-13-30-34(45)42(11-10-41(30)31(22)17-35)29-15-24(36)14-25(26(29)20-43)23-12-27(33(44)40(4)19-23)38-32-8-7-21(18-37-32)28-6-5-9-39(28)3/h7-8,12-15,18-19,28,43H,5-6,9-11,16-17,20H2,1-4H3,(H,37,38). The van der Waals surface area contributed by atoms with Gasteiger partial charge in [-0.3, -0.25) is 14.5 Å². The summed E-state index contributed by atoms with van der Waals surface area (Å²) in [6.45, 7) is 6.08. The Morgan fingerprint density at radius 1 is 1.07 bits per heavy atom. The number of likely N-dealkylation sites (tertiary alicyclic amines) is 1. The molecular formula is C35H39FN6O3. The van der Waals surface area contributed by atoms with Crippen molar-refractivity contribution >= 4 is 23.1 Å². The van der Waals surface area contributed by atoms with Crippen molar-refractivity contribution in [1.82, 2.24) is 19.0 Å². The Morgan fingerprint density at radius 3 is 2.60 bits per heavy atom. The summed E-state index contributed by atoms with van der Waals surface area (Å²) >= 11 is 0. The highest BCUT2D eigenvalue weighted by Crippen LogP contribution is 2.41. The summed E-state index contributed by atoms with van der Waals surface area (Å²) in [5.74, 6) is -0.221. The van der Waals surface area contributed by atoms with Gasteiger partial charge in [-0.2, -0.15) is 0 Å². The van der Waals surface area contributed by atoms with Crippen LogP contribution in [-0.4, -0.2) is 50.2 Å². The average Bonchev–Trinajstić information content (AvgIpc) is 3.67. The molecule has 7 rings (SSSR count). The molecule has 2 aliphatic heterocycles. The Kier molecular flexibility index (Phi) is 7.17. The summed E-state index contributed by atoms with van der Waals surface area (Å²) < 4.78 is 18.9. The summed E-state index contributed by atoms with van der Waals surface area (Å²) in [5, 5.41) is 13.8. The minimum absolute atomic E-state index is 0.171. The molecule has 1 saturated heterocycles. The third-order valence-electron chi connectivity index (χ3n) is 9.71. The number of hydrogen-bond donors (Lipinski definition) is 2. The van der Waals surface area contributed by atoms with Crippen LogP contribution in [-0.2, 0) is 33.0 Å². The van der Waals surface area contributed by atoms with Crippen LogP contribution in [0.4, 0.5) is 21.6 Å². The number of rotatable bonds is 6. The zero-order chi connectivity index (χ0) is 31.6. The van der Waals surface area contributed by atoms with E-state index >= 15 is 4.39 Å². The molecule has 10 heteroatoms. The van der Waals surface area contributed by atoms with E-state index in [4.69, 9.17) is 0 Å². The van der Waals surface area contributed by atoms with Crippen LogP contribution in [0.3, 0.4) is 0 Å². The zero-order valence-electron chi connectivity index (χ0n) is 26.2. The molecule has 3 aliphatic rings. The highest BCUT2D eigenvalue weighted by molar-refractivity contribution is 6.07. The summed E-state index contributed by atoms with van der Waals surface area (Å²) in [4.78, 5) is 35.4. The van der Waals surface area contributed by atoms with E-state index in [-0.39, 0.29) is 22.6 Å². The summed E-state index contributed by atoms with van der Waals surface area (Å²) in [5.41, 5.74) is 6.02. The van der Waals surface area contributed by atoms with Gasteiger partial charge in [0.25, 0.3) is 11.5 Å². The van der Waals surface area contributed by atoms with E-state index in [2.05, 4.69) is 40.7 Å². The Balaban J connectivity index is 1.22. The number of amides is 1. The lowest BCUT2D eigenvalue weighted by molar-refractivity contribution is 0.0963. The predicted octanol–water partition coefficient (Wildman–Crippen LogP) is 5.18. The van der Waals surface area contributed by atoms with E-state index in [1.807, 2.05) is 24.4 Å². The van der Waals surface area contributed by atoms with Gasteiger partial charge in [-0.25, -0.2) is 9.37 Å². The van der Waals surface area contributed by atoms with Gasteiger partial charge in [0.05, 0.1) is 12.3 Å². The molecule has 1 atom stereocenters. The van der Waals surface area contributed by atoms with Crippen LogP contribution in [0.25, 0.3) is 11.1 Å².